The van der Waals surface area contributed by atoms with Gasteiger partial charge in [0.1, 0.15) is 0 Å². The van der Waals surface area contributed by atoms with Crippen molar-refractivity contribution in [2.24, 2.45) is 5.92 Å². The fourth-order valence-electron chi connectivity index (χ4n) is 1.56. The predicted molar refractivity (Wildman–Crippen MR) is 73.0 cm³/mol. The van der Waals surface area contributed by atoms with Gasteiger partial charge in [-0.2, -0.15) is 0 Å². The number of halogens is 1. The maximum absolute atomic E-state index is 11.8. The van der Waals surface area contributed by atoms with E-state index in [9.17, 15) is 4.79 Å². The molecule has 0 aromatic carbocycles. The minimum atomic E-state index is 0.0338. The van der Waals surface area contributed by atoms with E-state index in [0.717, 1.165) is 21.5 Å². The molecule has 0 bridgehead atoms. The SMILES string of the molecule is CCC(C)CC(C)NC(=O)c1ccc(Br)s1. The van der Waals surface area contributed by atoms with E-state index in [2.05, 4.69) is 42.0 Å². The third-order valence-electron chi connectivity index (χ3n) is 2.63. The summed E-state index contributed by atoms with van der Waals surface area (Å²) >= 11 is 4.82. The molecule has 0 saturated carbocycles. The van der Waals surface area contributed by atoms with Gasteiger partial charge < -0.3 is 5.32 Å². The Morgan fingerprint density at radius 2 is 2.19 bits per heavy atom. The van der Waals surface area contributed by atoms with Crippen molar-refractivity contribution < 1.29 is 4.79 Å². The lowest BCUT2D eigenvalue weighted by atomic mass is 10.0. The first-order valence-corrected chi connectivity index (χ1v) is 7.20. The van der Waals surface area contributed by atoms with Gasteiger partial charge in [0.2, 0.25) is 0 Å². The van der Waals surface area contributed by atoms with Gasteiger partial charge in [-0.1, -0.05) is 20.3 Å². The molecule has 16 heavy (non-hydrogen) atoms. The summed E-state index contributed by atoms with van der Waals surface area (Å²) in [6, 6.07) is 3.99. The molecule has 2 atom stereocenters. The van der Waals surface area contributed by atoms with Crippen LogP contribution in [0.3, 0.4) is 0 Å². The zero-order valence-electron chi connectivity index (χ0n) is 9.92. The topological polar surface area (TPSA) is 29.1 Å². The summed E-state index contributed by atoms with van der Waals surface area (Å²) in [4.78, 5) is 12.6. The Morgan fingerprint density at radius 1 is 1.50 bits per heavy atom. The largest absolute Gasteiger partial charge is 0.349 e. The van der Waals surface area contributed by atoms with Gasteiger partial charge in [0.05, 0.1) is 8.66 Å². The number of rotatable bonds is 5. The van der Waals surface area contributed by atoms with Gasteiger partial charge in [0.15, 0.2) is 0 Å². The molecule has 0 aliphatic carbocycles. The number of hydrogen-bond acceptors (Lipinski definition) is 2. The molecule has 0 aliphatic heterocycles. The third kappa shape index (κ3) is 4.26. The van der Waals surface area contributed by atoms with E-state index >= 15 is 0 Å². The highest BCUT2D eigenvalue weighted by atomic mass is 79.9. The third-order valence-corrected chi connectivity index (χ3v) is 4.25. The van der Waals surface area contributed by atoms with E-state index in [-0.39, 0.29) is 11.9 Å². The van der Waals surface area contributed by atoms with Crippen molar-refractivity contribution in [1.29, 1.82) is 0 Å². The van der Waals surface area contributed by atoms with Crippen molar-refractivity contribution in [3.05, 3.63) is 20.8 Å². The molecule has 1 N–H and O–H groups in total. The molecule has 1 aromatic rings. The number of carbonyl (C=O) groups is 1. The van der Waals surface area contributed by atoms with Crippen LogP contribution in [0.15, 0.2) is 15.9 Å². The summed E-state index contributed by atoms with van der Waals surface area (Å²) in [5.41, 5.74) is 0. The molecule has 0 spiro atoms. The average molecular weight is 304 g/mol. The van der Waals surface area contributed by atoms with E-state index < -0.39 is 0 Å². The van der Waals surface area contributed by atoms with Crippen LogP contribution >= 0.6 is 27.3 Å². The molecule has 1 rings (SSSR count). The first-order valence-electron chi connectivity index (χ1n) is 5.59. The maximum atomic E-state index is 11.8. The molecule has 1 heterocycles. The lowest BCUT2D eigenvalue weighted by Crippen LogP contribution is -2.33. The summed E-state index contributed by atoms with van der Waals surface area (Å²) in [7, 11) is 0. The summed E-state index contributed by atoms with van der Waals surface area (Å²) < 4.78 is 0.993. The van der Waals surface area contributed by atoms with Crippen molar-refractivity contribution in [2.45, 2.75) is 39.7 Å². The lowest BCUT2D eigenvalue weighted by Gasteiger charge is -2.16. The number of nitrogens with one attached hydrogen (secondary N) is 1. The van der Waals surface area contributed by atoms with E-state index in [1.54, 1.807) is 0 Å². The van der Waals surface area contributed by atoms with E-state index in [1.165, 1.54) is 11.3 Å². The molecular formula is C12H18BrNOS. The molecule has 0 saturated heterocycles. The van der Waals surface area contributed by atoms with Gasteiger partial charge in [-0.15, -0.1) is 11.3 Å². The molecular weight excluding hydrogens is 286 g/mol. The Kier molecular flexibility index (Phi) is 5.49. The second-order valence-electron chi connectivity index (χ2n) is 4.23. The second kappa shape index (κ2) is 6.40. The molecule has 1 amide bonds. The maximum Gasteiger partial charge on any atom is 0.261 e. The van der Waals surface area contributed by atoms with Gasteiger partial charge in [0, 0.05) is 6.04 Å². The highest BCUT2D eigenvalue weighted by Crippen LogP contribution is 2.22. The molecule has 0 radical (unpaired) electrons. The van der Waals surface area contributed by atoms with Gasteiger partial charge in [0.25, 0.3) is 5.91 Å². The van der Waals surface area contributed by atoms with E-state index in [1.807, 2.05) is 12.1 Å². The fourth-order valence-corrected chi connectivity index (χ4v) is 2.85. The smallest absolute Gasteiger partial charge is 0.261 e. The van der Waals surface area contributed by atoms with Gasteiger partial charge in [-0.3, -0.25) is 4.79 Å². The first-order chi connectivity index (χ1) is 7.52. The van der Waals surface area contributed by atoms with Crippen molar-refractivity contribution >= 4 is 33.2 Å². The summed E-state index contributed by atoms with van der Waals surface area (Å²) in [6.45, 7) is 6.45. The van der Waals surface area contributed by atoms with Crippen LogP contribution in [-0.4, -0.2) is 11.9 Å². The van der Waals surface area contributed by atoms with Crippen molar-refractivity contribution in [1.82, 2.24) is 5.32 Å². The Morgan fingerprint density at radius 3 is 2.69 bits per heavy atom. The van der Waals surface area contributed by atoms with Crippen LogP contribution in [0.25, 0.3) is 0 Å². The zero-order chi connectivity index (χ0) is 12.1. The van der Waals surface area contributed by atoms with Crippen LogP contribution in [0.4, 0.5) is 0 Å². The number of amides is 1. The lowest BCUT2D eigenvalue weighted by molar-refractivity contribution is 0.0939. The Bertz CT molecular complexity index is 351. The summed E-state index contributed by atoms with van der Waals surface area (Å²) in [5.74, 6) is 0.692. The van der Waals surface area contributed by atoms with Crippen molar-refractivity contribution in [3.63, 3.8) is 0 Å². The Labute approximate surface area is 110 Å². The first kappa shape index (κ1) is 13.7. The van der Waals surface area contributed by atoms with Crippen LogP contribution in [0.1, 0.15) is 43.3 Å². The van der Waals surface area contributed by atoms with Crippen LogP contribution in [0, 0.1) is 5.92 Å². The van der Waals surface area contributed by atoms with Gasteiger partial charge in [-0.05, 0) is 47.3 Å². The minimum Gasteiger partial charge on any atom is -0.349 e. The summed E-state index contributed by atoms with van der Waals surface area (Å²) in [5, 5.41) is 3.03. The standard InChI is InChI=1S/C12H18BrNOS/c1-4-8(2)7-9(3)14-12(15)10-5-6-11(13)16-10/h5-6,8-9H,4,7H2,1-3H3,(H,14,15). The average Bonchev–Trinajstić information content (AvgIpc) is 2.64. The molecule has 90 valence electrons. The highest BCUT2D eigenvalue weighted by molar-refractivity contribution is 9.11. The highest BCUT2D eigenvalue weighted by Gasteiger charge is 2.13. The molecule has 2 nitrogen and oxygen atoms in total. The molecule has 4 heteroatoms. The number of carbonyl (C=O) groups excluding carboxylic acids is 1. The monoisotopic (exact) mass is 303 g/mol. The zero-order valence-corrected chi connectivity index (χ0v) is 12.3. The number of hydrogen-bond donors (Lipinski definition) is 1. The van der Waals surface area contributed by atoms with Gasteiger partial charge in [-0.25, -0.2) is 0 Å². The second-order valence-corrected chi connectivity index (χ2v) is 6.69. The summed E-state index contributed by atoms with van der Waals surface area (Å²) in [6.07, 6.45) is 2.19. The predicted octanol–water partition coefficient (Wildman–Crippen LogP) is 4.07. The van der Waals surface area contributed by atoms with Crippen LogP contribution in [-0.2, 0) is 0 Å². The minimum absolute atomic E-state index is 0.0338. The molecule has 0 aliphatic rings. The van der Waals surface area contributed by atoms with Crippen LogP contribution in [0.5, 0.6) is 0 Å². The Hall–Kier alpha value is -0.350. The van der Waals surface area contributed by atoms with E-state index in [0.29, 0.717) is 5.92 Å². The number of thiophene rings is 1. The van der Waals surface area contributed by atoms with Gasteiger partial charge >= 0.3 is 0 Å². The van der Waals surface area contributed by atoms with Crippen molar-refractivity contribution in [2.75, 3.05) is 0 Å². The molecule has 1 aromatic heterocycles. The molecule has 0 fully saturated rings. The Balaban J connectivity index is 2.45. The van der Waals surface area contributed by atoms with Crippen LogP contribution < -0.4 is 5.32 Å². The fraction of sp³-hybridized carbons (Fsp3) is 0.583. The quantitative estimate of drug-likeness (QED) is 0.873. The molecule has 2 unspecified atom stereocenters. The van der Waals surface area contributed by atoms with E-state index in [4.69, 9.17) is 0 Å². The van der Waals surface area contributed by atoms with Crippen molar-refractivity contribution in [3.8, 4) is 0 Å². The van der Waals surface area contributed by atoms with Crippen LogP contribution in [0.2, 0.25) is 0 Å². The normalized spacial score (nSPS) is 14.5.